The number of aliphatic hydroxyl groups excluding tert-OH is 11. The van der Waals surface area contributed by atoms with E-state index in [0.29, 0.717) is 6.42 Å². The topological polar surface area (TPSA) is 477 Å². The number of carbonyl (C=O) groups excluding carboxylic acids is 6. The quantitative estimate of drug-likeness (QED) is 0.0167. The van der Waals surface area contributed by atoms with E-state index in [-0.39, 0.29) is 6.42 Å². The predicted octanol–water partition coefficient (Wildman–Crippen LogP) is -4.66. The van der Waals surface area contributed by atoms with Gasteiger partial charge >= 0.3 is 5.97 Å². The fraction of sp³-hybridized carbons (Fsp3) is 0.860. The summed E-state index contributed by atoms with van der Waals surface area (Å²) >= 11 is 0. The Labute approximate surface area is 516 Å². The van der Waals surface area contributed by atoms with Crippen molar-refractivity contribution in [2.75, 3.05) is 26.4 Å². The van der Waals surface area contributed by atoms with Crippen molar-refractivity contribution in [2.45, 2.75) is 285 Å². The molecule has 5 saturated heterocycles. The van der Waals surface area contributed by atoms with Gasteiger partial charge in [0.25, 0.3) is 0 Å². The molecule has 89 heavy (non-hydrogen) atoms. The molecule has 0 aliphatic carbocycles. The van der Waals surface area contributed by atoms with E-state index in [0.717, 1.165) is 86.0 Å². The van der Waals surface area contributed by atoms with Crippen molar-refractivity contribution in [2.24, 2.45) is 0 Å². The van der Waals surface area contributed by atoms with E-state index in [1.165, 1.54) is 25.7 Å². The summed E-state index contributed by atoms with van der Waals surface area (Å²) in [5, 5.41) is 135. The molecule has 512 valence electrons. The lowest BCUT2D eigenvalue weighted by atomic mass is 9.93. The molecule has 5 heterocycles. The van der Waals surface area contributed by atoms with E-state index in [4.69, 9.17) is 47.4 Å². The highest BCUT2D eigenvalue weighted by atomic mass is 16.8. The van der Waals surface area contributed by atoms with Crippen LogP contribution in [0.2, 0.25) is 0 Å². The normalized spacial score (nSPS) is 37.5. The lowest BCUT2D eigenvalue weighted by Crippen LogP contribution is -2.72. The zero-order valence-electron chi connectivity index (χ0n) is 51.3. The summed E-state index contributed by atoms with van der Waals surface area (Å²) < 4.78 is 59.0. The van der Waals surface area contributed by atoms with E-state index in [9.17, 15) is 84.9 Å². The highest BCUT2D eigenvalue weighted by Gasteiger charge is 2.58. The Kier molecular flexibility index (Phi) is 31.8. The van der Waals surface area contributed by atoms with Gasteiger partial charge in [0.05, 0.1) is 26.4 Å². The second-order valence-electron chi connectivity index (χ2n) is 23.1. The summed E-state index contributed by atoms with van der Waals surface area (Å²) in [4.78, 5) is 75.8. The Bertz CT molecular complexity index is 2230. The highest BCUT2D eigenvalue weighted by molar-refractivity contribution is 5.76. The average molecular weight is 1280 g/mol. The minimum absolute atomic E-state index is 0.00909. The van der Waals surface area contributed by atoms with E-state index in [1.54, 1.807) is 0 Å². The first kappa shape index (κ1) is 75.5. The number of esters is 1. The maximum atomic E-state index is 13.5. The van der Waals surface area contributed by atoms with Gasteiger partial charge in [0.15, 0.2) is 31.5 Å². The molecule has 5 amide bonds. The molecule has 5 aliphatic rings. The lowest BCUT2D eigenvalue weighted by Gasteiger charge is -2.51. The fourth-order valence-electron chi connectivity index (χ4n) is 11.5. The van der Waals surface area contributed by atoms with Crippen LogP contribution in [0.15, 0.2) is 12.2 Å². The average Bonchev–Trinajstić information content (AvgIpc) is 0.986. The van der Waals surface area contributed by atoms with Gasteiger partial charge < -0.3 is 130 Å². The van der Waals surface area contributed by atoms with Crippen LogP contribution in [0, 0.1) is 0 Å². The van der Waals surface area contributed by atoms with Crippen LogP contribution >= 0.6 is 0 Å². The van der Waals surface area contributed by atoms with Gasteiger partial charge in [0.1, 0.15) is 116 Å². The molecule has 5 fully saturated rings. The van der Waals surface area contributed by atoms with Crippen molar-refractivity contribution in [3.63, 3.8) is 0 Å². The van der Waals surface area contributed by atoms with Crippen molar-refractivity contribution in [1.82, 2.24) is 26.6 Å². The van der Waals surface area contributed by atoms with Crippen LogP contribution in [0.4, 0.5) is 0 Å². The van der Waals surface area contributed by atoms with E-state index in [1.807, 2.05) is 0 Å². The maximum Gasteiger partial charge on any atom is 0.305 e. The minimum Gasteiger partial charge on any atom is -0.433 e. The number of amides is 5. The Balaban J connectivity index is 1.30. The number of allylic oxidation sites excluding steroid dienone is 2. The Hall–Kier alpha value is -4.24. The van der Waals surface area contributed by atoms with Crippen LogP contribution in [-0.2, 0) is 76.1 Å². The zero-order chi connectivity index (χ0) is 65.6. The summed E-state index contributed by atoms with van der Waals surface area (Å²) in [5.41, 5.74) is 0. The monoisotopic (exact) mass is 1280 g/mol. The van der Waals surface area contributed by atoms with Crippen molar-refractivity contribution in [3.05, 3.63) is 12.2 Å². The van der Waals surface area contributed by atoms with Gasteiger partial charge in [-0.1, -0.05) is 70.4 Å². The zero-order valence-corrected chi connectivity index (χ0v) is 51.3. The predicted molar refractivity (Wildman–Crippen MR) is 303 cm³/mol. The van der Waals surface area contributed by atoms with Gasteiger partial charge in [0, 0.05) is 41.0 Å². The molecule has 15 unspecified atom stereocenters. The number of nitrogens with one attached hydrogen (secondary N) is 5. The molecular weight excluding hydrogens is 1190 g/mol. The van der Waals surface area contributed by atoms with E-state index >= 15 is 0 Å². The molecule has 0 spiro atoms. The molecule has 32 nitrogen and oxygen atoms in total. The molecular formula is C57H97N5O27. The number of carbonyl (C=O) groups is 6. The van der Waals surface area contributed by atoms with Gasteiger partial charge in [-0.05, 0) is 32.1 Å². The number of hydrogen-bond donors (Lipinski definition) is 16. The summed E-state index contributed by atoms with van der Waals surface area (Å²) in [6.45, 7) is 3.57. The fourth-order valence-corrected chi connectivity index (χ4v) is 11.5. The number of hydrogen-bond acceptors (Lipinski definition) is 27. The van der Waals surface area contributed by atoms with Crippen LogP contribution in [0.3, 0.4) is 0 Å². The standard InChI is InChI=1S/C57H97N5O27/c1-7-8-9-10-11-12-13-14-15-16-17-18-19-20-21-22-36(72)62-38-42(73)47(78)57(80-31(6)71)89-56(38)88-51-35(26-66)84-55(41(46(51)77)61-30(5)70)87-50-34(25-65)83-54(40(45(50)76)60-29(4)69)86-49-33(24-64)82-53(39(44(49)75)59-28(3)68)85-48-32(23-63)81-52(79)37(43(48)74)58-27(2)67/h12-13,32-35,37-57,63-66,73-79H,7-11,14-26H2,1-6H3,(H,58,67)(H,59,68)(H,60,69)(H,61,70)(H,62,72)/b13-12-/t32?,33?,34?,35?,37?,38?,39?,40?,41?,42?,43?,44?,45?,46?,47-,48-,49+,50+,51+,52+,53-,54-,55-,56+,57?/m0/s1. The molecule has 0 aromatic carbocycles. The van der Waals surface area contributed by atoms with E-state index < -0.39 is 215 Å². The molecule has 0 aromatic rings. The second kappa shape index (κ2) is 37.5. The van der Waals surface area contributed by atoms with Crippen molar-refractivity contribution in [1.29, 1.82) is 0 Å². The molecule has 0 saturated carbocycles. The molecule has 0 radical (unpaired) electrons. The van der Waals surface area contributed by atoms with Crippen molar-refractivity contribution >= 4 is 35.5 Å². The van der Waals surface area contributed by atoms with Crippen LogP contribution < -0.4 is 26.6 Å². The minimum atomic E-state index is -2.03. The summed E-state index contributed by atoms with van der Waals surface area (Å²) in [6, 6.07) is -8.26. The number of ether oxygens (including phenoxy) is 10. The first-order valence-corrected chi connectivity index (χ1v) is 30.7. The third-order valence-electron chi connectivity index (χ3n) is 15.9. The molecule has 0 aromatic heterocycles. The first-order chi connectivity index (χ1) is 42.4. The van der Waals surface area contributed by atoms with Crippen LogP contribution in [0.25, 0.3) is 0 Å². The van der Waals surface area contributed by atoms with Gasteiger partial charge in [0.2, 0.25) is 35.8 Å². The first-order valence-electron chi connectivity index (χ1n) is 30.7. The SMILES string of the molecule is CCCCCC/C=C\CCCCCCCCCC(=O)NC1C(O)[C@H](O)C(OC(C)=O)O[C@H]1O[C@@H]1C(CO)O[C@@H](O[C@@H]2C(CO)O[C@@H](O[C@@H]3C(CO)O[C@@H](O[C@H]4C(CO)O[C@@H](O)C(NC(C)=O)C4O)C(NC(C)=O)C3O)C(NC(C)=O)C2O)C(NC(C)=O)C1O. The molecule has 25 atom stereocenters. The number of rotatable bonds is 33. The van der Waals surface area contributed by atoms with Gasteiger partial charge in [-0.25, -0.2) is 0 Å². The van der Waals surface area contributed by atoms with Crippen LogP contribution in [0.1, 0.15) is 131 Å². The second-order valence-corrected chi connectivity index (χ2v) is 23.1. The van der Waals surface area contributed by atoms with Crippen molar-refractivity contribution in [3.8, 4) is 0 Å². The smallest absolute Gasteiger partial charge is 0.305 e. The molecule has 16 N–H and O–H groups in total. The molecule has 0 bridgehead atoms. The molecule has 5 rings (SSSR count). The van der Waals surface area contributed by atoms with Gasteiger partial charge in [-0.15, -0.1) is 0 Å². The van der Waals surface area contributed by atoms with Gasteiger partial charge in [-0.2, -0.15) is 0 Å². The van der Waals surface area contributed by atoms with Crippen molar-refractivity contribution < 1.29 is 132 Å². The van der Waals surface area contributed by atoms with Gasteiger partial charge in [-0.3, -0.25) is 28.8 Å². The maximum absolute atomic E-state index is 13.5. The summed E-state index contributed by atoms with van der Waals surface area (Å²) in [7, 11) is 0. The summed E-state index contributed by atoms with van der Waals surface area (Å²) in [6.07, 6.45) is -18.6. The Morgan fingerprint density at radius 2 is 0.708 bits per heavy atom. The third-order valence-corrected chi connectivity index (χ3v) is 15.9. The molecule has 32 heteroatoms. The third kappa shape index (κ3) is 21.7. The number of unbranched alkanes of at least 4 members (excludes halogenated alkanes) is 11. The highest BCUT2D eigenvalue weighted by Crippen LogP contribution is 2.36. The number of aliphatic hydroxyl groups is 11. The van der Waals surface area contributed by atoms with Crippen LogP contribution in [-0.4, -0.2) is 272 Å². The Morgan fingerprint density at radius 3 is 1.08 bits per heavy atom. The lowest BCUT2D eigenvalue weighted by molar-refractivity contribution is -0.372. The molecule has 5 aliphatic heterocycles. The summed E-state index contributed by atoms with van der Waals surface area (Å²) in [5.74, 6) is -4.62. The Morgan fingerprint density at radius 1 is 0.382 bits per heavy atom. The van der Waals surface area contributed by atoms with Crippen LogP contribution in [0.5, 0.6) is 0 Å². The largest absolute Gasteiger partial charge is 0.433 e. The van der Waals surface area contributed by atoms with E-state index in [2.05, 4.69) is 45.7 Å².